The van der Waals surface area contributed by atoms with Crippen molar-refractivity contribution < 1.29 is 4.79 Å². The SMILES string of the molecule is C/C=C/C(=O)Nc1nnc(CC)c(CC)n1. The highest BCUT2D eigenvalue weighted by molar-refractivity contribution is 5.97. The van der Waals surface area contributed by atoms with E-state index in [4.69, 9.17) is 0 Å². The predicted octanol–water partition coefficient (Wildman–Crippen LogP) is 1.51. The minimum absolute atomic E-state index is 0.240. The van der Waals surface area contributed by atoms with E-state index >= 15 is 0 Å². The molecule has 0 aliphatic heterocycles. The van der Waals surface area contributed by atoms with Crippen LogP contribution in [0.15, 0.2) is 12.2 Å². The normalized spacial score (nSPS) is 10.7. The van der Waals surface area contributed by atoms with Crippen LogP contribution in [0.25, 0.3) is 0 Å². The fraction of sp³-hybridized carbons (Fsp3) is 0.455. The Balaban J connectivity index is 2.86. The number of allylic oxidation sites excluding steroid dienone is 1. The minimum atomic E-state index is -0.240. The summed E-state index contributed by atoms with van der Waals surface area (Å²) in [6.45, 7) is 5.78. The Morgan fingerprint density at radius 2 is 1.94 bits per heavy atom. The number of rotatable bonds is 4. The van der Waals surface area contributed by atoms with Crippen molar-refractivity contribution in [2.45, 2.75) is 33.6 Å². The van der Waals surface area contributed by atoms with Crippen molar-refractivity contribution in [3.8, 4) is 0 Å². The standard InChI is InChI=1S/C11H16N4O/c1-4-7-10(16)13-11-12-8(5-2)9(6-3)14-15-11/h4,7H,5-6H2,1-3H3,(H,12,13,15,16)/b7-4+. The number of amides is 1. The molecule has 0 unspecified atom stereocenters. The molecule has 1 amide bonds. The smallest absolute Gasteiger partial charge is 0.250 e. The summed E-state index contributed by atoms with van der Waals surface area (Å²) in [5, 5.41) is 10.4. The second-order valence-corrected chi connectivity index (χ2v) is 3.23. The summed E-state index contributed by atoms with van der Waals surface area (Å²) in [4.78, 5) is 15.5. The van der Waals surface area contributed by atoms with Crippen LogP contribution in [-0.4, -0.2) is 21.1 Å². The lowest BCUT2D eigenvalue weighted by Crippen LogP contribution is -2.14. The molecule has 0 aliphatic carbocycles. The second kappa shape index (κ2) is 5.95. The molecule has 16 heavy (non-hydrogen) atoms. The van der Waals surface area contributed by atoms with Gasteiger partial charge < -0.3 is 0 Å². The van der Waals surface area contributed by atoms with Crippen LogP contribution in [-0.2, 0) is 17.6 Å². The van der Waals surface area contributed by atoms with Gasteiger partial charge in [0.2, 0.25) is 11.9 Å². The van der Waals surface area contributed by atoms with Gasteiger partial charge in [0.15, 0.2) is 0 Å². The van der Waals surface area contributed by atoms with Gasteiger partial charge in [-0.05, 0) is 25.8 Å². The van der Waals surface area contributed by atoms with Crippen molar-refractivity contribution in [2.75, 3.05) is 5.32 Å². The van der Waals surface area contributed by atoms with E-state index in [-0.39, 0.29) is 11.9 Å². The molecule has 0 bridgehead atoms. The maximum Gasteiger partial charge on any atom is 0.250 e. The number of carbonyl (C=O) groups excluding carboxylic acids is 1. The number of carbonyl (C=O) groups is 1. The Morgan fingerprint density at radius 3 is 2.50 bits per heavy atom. The molecule has 1 aromatic heterocycles. The Kier molecular flexibility index (Phi) is 4.57. The van der Waals surface area contributed by atoms with E-state index in [1.54, 1.807) is 13.0 Å². The van der Waals surface area contributed by atoms with Gasteiger partial charge in [0.05, 0.1) is 11.4 Å². The predicted molar refractivity (Wildman–Crippen MR) is 62.0 cm³/mol. The summed E-state index contributed by atoms with van der Waals surface area (Å²) < 4.78 is 0. The van der Waals surface area contributed by atoms with Crippen LogP contribution >= 0.6 is 0 Å². The molecule has 5 heteroatoms. The lowest BCUT2D eigenvalue weighted by Gasteiger charge is -2.05. The summed E-state index contributed by atoms with van der Waals surface area (Å²) in [5.41, 5.74) is 1.76. The molecule has 5 nitrogen and oxygen atoms in total. The van der Waals surface area contributed by atoms with E-state index in [1.165, 1.54) is 6.08 Å². The maximum absolute atomic E-state index is 11.3. The summed E-state index contributed by atoms with van der Waals surface area (Å²) in [6, 6.07) is 0. The Labute approximate surface area is 95.0 Å². The fourth-order valence-corrected chi connectivity index (χ4v) is 1.29. The Hall–Kier alpha value is -1.78. The molecule has 0 saturated carbocycles. The molecule has 0 spiro atoms. The first-order valence-corrected chi connectivity index (χ1v) is 5.37. The largest absolute Gasteiger partial charge is 0.290 e. The molecule has 1 rings (SSSR count). The van der Waals surface area contributed by atoms with Gasteiger partial charge in [0, 0.05) is 0 Å². The number of hydrogen-bond donors (Lipinski definition) is 1. The maximum atomic E-state index is 11.3. The van der Waals surface area contributed by atoms with E-state index < -0.39 is 0 Å². The molecule has 86 valence electrons. The summed E-state index contributed by atoms with van der Waals surface area (Å²) >= 11 is 0. The third-order valence-electron chi connectivity index (χ3n) is 2.06. The van der Waals surface area contributed by atoms with Crippen LogP contribution in [0.4, 0.5) is 5.95 Å². The molecule has 0 atom stereocenters. The van der Waals surface area contributed by atoms with E-state index in [9.17, 15) is 4.79 Å². The fourth-order valence-electron chi connectivity index (χ4n) is 1.29. The molecule has 1 aromatic rings. The van der Waals surface area contributed by atoms with Crippen molar-refractivity contribution in [3.63, 3.8) is 0 Å². The van der Waals surface area contributed by atoms with Crippen molar-refractivity contribution in [2.24, 2.45) is 0 Å². The van der Waals surface area contributed by atoms with E-state index in [0.717, 1.165) is 24.2 Å². The molecular weight excluding hydrogens is 204 g/mol. The van der Waals surface area contributed by atoms with Crippen LogP contribution in [0.1, 0.15) is 32.2 Å². The number of hydrogen-bond acceptors (Lipinski definition) is 4. The number of nitrogens with one attached hydrogen (secondary N) is 1. The highest BCUT2D eigenvalue weighted by atomic mass is 16.1. The summed E-state index contributed by atoms with van der Waals surface area (Å²) in [5.74, 6) is 0.0211. The van der Waals surface area contributed by atoms with Crippen LogP contribution in [0.2, 0.25) is 0 Å². The molecule has 1 heterocycles. The lowest BCUT2D eigenvalue weighted by atomic mass is 10.2. The number of aryl methyl sites for hydroxylation is 2. The topological polar surface area (TPSA) is 67.8 Å². The Bertz CT molecular complexity index is 401. The molecular formula is C11H16N4O. The van der Waals surface area contributed by atoms with Crippen molar-refractivity contribution in [1.82, 2.24) is 15.2 Å². The quantitative estimate of drug-likeness (QED) is 0.781. The molecule has 0 aromatic carbocycles. The van der Waals surface area contributed by atoms with Crippen LogP contribution in [0.3, 0.4) is 0 Å². The van der Waals surface area contributed by atoms with Crippen LogP contribution in [0, 0.1) is 0 Å². The number of nitrogens with zero attached hydrogens (tertiary/aromatic N) is 3. The minimum Gasteiger partial charge on any atom is -0.290 e. The first kappa shape index (κ1) is 12.3. The Morgan fingerprint density at radius 1 is 1.25 bits per heavy atom. The average Bonchev–Trinajstić information content (AvgIpc) is 2.29. The lowest BCUT2D eigenvalue weighted by molar-refractivity contribution is -0.112. The zero-order valence-corrected chi connectivity index (χ0v) is 9.82. The van der Waals surface area contributed by atoms with Gasteiger partial charge in [-0.25, -0.2) is 4.98 Å². The molecule has 1 N–H and O–H groups in total. The first-order valence-electron chi connectivity index (χ1n) is 5.37. The second-order valence-electron chi connectivity index (χ2n) is 3.23. The van der Waals surface area contributed by atoms with Crippen LogP contribution < -0.4 is 5.32 Å². The zero-order chi connectivity index (χ0) is 12.0. The van der Waals surface area contributed by atoms with Crippen LogP contribution in [0.5, 0.6) is 0 Å². The number of aromatic nitrogens is 3. The van der Waals surface area contributed by atoms with E-state index in [1.807, 2.05) is 13.8 Å². The summed E-state index contributed by atoms with van der Waals surface area (Å²) in [7, 11) is 0. The highest BCUT2D eigenvalue weighted by Crippen LogP contribution is 2.06. The van der Waals surface area contributed by atoms with Gasteiger partial charge in [-0.1, -0.05) is 19.9 Å². The highest BCUT2D eigenvalue weighted by Gasteiger charge is 2.07. The van der Waals surface area contributed by atoms with Gasteiger partial charge in [0.25, 0.3) is 0 Å². The van der Waals surface area contributed by atoms with Gasteiger partial charge in [-0.15, -0.1) is 10.2 Å². The van der Waals surface area contributed by atoms with Gasteiger partial charge in [-0.2, -0.15) is 0 Å². The average molecular weight is 220 g/mol. The third kappa shape index (κ3) is 3.12. The zero-order valence-electron chi connectivity index (χ0n) is 9.82. The molecule has 0 aliphatic rings. The van der Waals surface area contributed by atoms with Crippen molar-refractivity contribution >= 4 is 11.9 Å². The monoisotopic (exact) mass is 220 g/mol. The van der Waals surface area contributed by atoms with Gasteiger partial charge in [-0.3, -0.25) is 10.1 Å². The third-order valence-corrected chi connectivity index (χ3v) is 2.06. The first-order chi connectivity index (χ1) is 7.71. The van der Waals surface area contributed by atoms with E-state index in [2.05, 4.69) is 20.5 Å². The molecule has 0 radical (unpaired) electrons. The van der Waals surface area contributed by atoms with Gasteiger partial charge >= 0.3 is 0 Å². The summed E-state index contributed by atoms with van der Waals surface area (Å²) in [6.07, 6.45) is 4.66. The molecule has 0 saturated heterocycles. The number of anilines is 1. The molecule has 0 fully saturated rings. The van der Waals surface area contributed by atoms with E-state index in [0.29, 0.717) is 0 Å². The van der Waals surface area contributed by atoms with Crippen molar-refractivity contribution in [1.29, 1.82) is 0 Å². The van der Waals surface area contributed by atoms with Crippen molar-refractivity contribution in [3.05, 3.63) is 23.5 Å². The van der Waals surface area contributed by atoms with Gasteiger partial charge in [0.1, 0.15) is 0 Å².